The number of aromatic nitrogens is 3. The van der Waals surface area contributed by atoms with Gasteiger partial charge in [-0.1, -0.05) is 18.2 Å². The van der Waals surface area contributed by atoms with Crippen molar-refractivity contribution >= 4 is 0 Å². The van der Waals surface area contributed by atoms with E-state index in [1.54, 1.807) is 25.6 Å². The van der Waals surface area contributed by atoms with Crippen molar-refractivity contribution in [2.45, 2.75) is 0 Å². The summed E-state index contributed by atoms with van der Waals surface area (Å²) in [5.41, 5.74) is 1.54. The summed E-state index contributed by atoms with van der Waals surface area (Å²) in [6.45, 7) is 0. The summed E-state index contributed by atoms with van der Waals surface area (Å²) in [6.07, 6.45) is 3.38. The second-order valence-corrected chi connectivity index (χ2v) is 4.29. The average molecular weight is 279 g/mol. The van der Waals surface area contributed by atoms with Gasteiger partial charge in [0.2, 0.25) is 5.88 Å². The van der Waals surface area contributed by atoms with Crippen LogP contribution in [0.1, 0.15) is 0 Å². The van der Waals surface area contributed by atoms with E-state index in [-0.39, 0.29) is 0 Å². The Morgan fingerprint density at radius 1 is 0.857 bits per heavy atom. The molecular formula is C16H13N3O2. The first kappa shape index (κ1) is 13.1. The fourth-order valence-corrected chi connectivity index (χ4v) is 1.82. The van der Waals surface area contributed by atoms with Gasteiger partial charge in [-0.05, 0) is 24.3 Å². The molecule has 104 valence electrons. The number of hydrogen-bond acceptors (Lipinski definition) is 5. The number of benzene rings is 1. The second-order valence-electron chi connectivity index (χ2n) is 4.29. The van der Waals surface area contributed by atoms with Gasteiger partial charge in [-0.2, -0.15) is 0 Å². The van der Waals surface area contributed by atoms with Gasteiger partial charge in [0.25, 0.3) is 0 Å². The lowest BCUT2D eigenvalue weighted by molar-refractivity contribution is 0.392. The molecule has 3 rings (SSSR count). The highest BCUT2D eigenvalue weighted by molar-refractivity contribution is 5.59. The minimum absolute atomic E-state index is 0.475. The normalized spacial score (nSPS) is 10.1. The van der Waals surface area contributed by atoms with Crippen LogP contribution in [0.15, 0.2) is 60.9 Å². The standard InChI is InChI=1S/C16H13N3O2/c1-20-16-8-7-15(18-19-16)12-9-14(11-17-10-12)21-13-5-3-2-4-6-13/h2-11H,1H3. The molecule has 0 aliphatic heterocycles. The molecule has 21 heavy (non-hydrogen) atoms. The van der Waals surface area contributed by atoms with Crippen LogP contribution in [0.2, 0.25) is 0 Å². The third-order valence-electron chi connectivity index (χ3n) is 2.84. The van der Waals surface area contributed by atoms with Crippen molar-refractivity contribution in [3.63, 3.8) is 0 Å². The SMILES string of the molecule is COc1ccc(-c2cncc(Oc3ccccc3)c2)nn1. The molecule has 0 spiro atoms. The van der Waals surface area contributed by atoms with Crippen LogP contribution >= 0.6 is 0 Å². The summed E-state index contributed by atoms with van der Waals surface area (Å²) < 4.78 is 10.7. The summed E-state index contributed by atoms with van der Waals surface area (Å²) in [7, 11) is 1.56. The zero-order valence-electron chi connectivity index (χ0n) is 11.4. The van der Waals surface area contributed by atoms with E-state index in [9.17, 15) is 0 Å². The zero-order chi connectivity index (χ0) is 14.5. The van der Waals surface area contributed by atoms with Crippen LogP contribution < -0.4 is 9.47 Å². The van der Waals surface area contributed by atoms with Gasteiger partial charge in [-0.3, -0.25) is 4.98 Å². The maximum absolute atomic E-state index is 5.75. The van der Waals surface area contributed by atoms with Crippen LogP contribution in [0.25, 0.3) is 11.3 Å². The number of ether oxygens (including phenoxy) is 2. The van der Waals surface area contributed by atoms with Crippen molar-refractivity contribution in [1.82, 2.24) is 15.2 Å². The molecule has 0 amide bonds. The van der Waals surface area contributed by atoms with E-state index in [0.717, 1.165) is 11.3 Å². The van der Waals surface area contributed by atoms with Gasteiger partial charge < -0.3 is 9.47 Å². The highest BCUT2D eigenvalue weighted by Gasteiger charge is 2.04. The number of hydrogen-bond donors (Lipinski definition) is 0. The smallest absolute Gasteiger partial charge is 0.233 e. The lowest BCUT2D eigenvalue weighted by atomic mass is 10.2. The Kier molecular flexibility index (Phi) is 3.73. The number of pyridine rings is 1. The minimum atomic E-state index is 0.475. The Labute approximate surface area is 122 Å². The predicted octanol–water partition coefficient (Wildman–Crippen LogP) is 3.34. The van der Waals surface area contributed by atoms with Gasteiger partial charge in [0.05, 0.1) is 19.0 Å². The zero-order valence-corrected chi connectivity index (χ0v) is 11.4. The topological polar surface area (TPSA) is 57.1 Å². The molecule has 0 saturated carbocycles. The van der Waals surface area contributed by atoms with E-state index in [2.05, 4.69) is 15.2 Å². The van der Waals surface area contributed by atoms with E-state index in [0.29, 0.717) is 17.3 Å². The number of para-hydroxylation sites is 1. The minimum Gasteiger partial charge on any atom is -0.480 e. The lowest BCUT2D eigenvalue weighted by Crippen LogP contribution is -1.93. The van der Waals surface area contributed by atoms with Crippen LogP contribution in [0.5, 0.6) is 17.4 Å². The van der Waals surface area contributed by atoms with E-state index in [1.165, 1.54) is 0 Å². The molecule has 0 fully saturated rings. The van der Waals surface area contributed by atoms with Crippen molar-refractivity contribution in [2.75, 3.05) is 7.11 Å². The first-order valence-electron chi connectivity index (χ1n) is 6.41. The van der Waals surface area contributed by atoms with Crippen LogP contribution in [0, 0.1) is 0 Å². The Bertz CT molecular complexity index is 715. The van der Waals surface area contributed by atoms with Crippen molar-refractivity contribution < 1.29 is 9.47 Å². The fraction of sp³-hybridized carbons (Fsp3) is 0.0625. The molecule has 5 nitrogen and oxygen atoms in total. The third kappa shape index (κ3) is 3.14. The van der Waals surface area contributed by atoms with Crippen LogP contribution in [0.4, 0.5) is 0 Å². The summed E-state index contributed by atoms with van der Waals surface area (Å²) >= 11 is 0. The molecule has 2 aromatic heterocycles. The summed E-state index contributed by atoms with van der Waals surface area (Å²) in [4.78, 5) is 4.18. The first-order chi connectivity index (χ1) is 10.3. The van der Waals surface area contributed by atoms with Gasteiger partial charge in [-0.15, -0.1) is 10.2 Å². The van der Waals surface area contributed by atoms with Crippen LogP contribution in [0.3, 0.4) is 0 Å². The van der Waals surface area contributed by atoms with E-state index in [4.69, 9.17) is 9.47 Å². The van der Waals surface area contributed by atoms with Gasteiger partial charge in [0, 0.05) is 17.8 Å². The largest absolute Gasteiger partial charge is 0.480 e. The first-order valence-corrected chi connectivity index (χ1v) is 6.41. The third-order valence-corrected chi connectivity index (χ3v) is 2.84. The van der Waals surface area contributed by atoms with E-state index < -0.39 is 0 Å². The molecular weight excluding hydrogens is 266 g/mol. The molecule has 0 aliphatic carbocycles. The summed E-state index contributed by atoms with van der Waals surface area (Å²) in [5.74, 6) is 1.89. The summed E-state index contributed by atoms with van der Waals surface area (Å²) in [6, 6.07) is 15.0. The molecule has 0 unspecified atom stereocenters. The lowest BCUT2D eigenvalue weighted by Gasteiger charge is -2.06. The maximum Gasteiger partial charge on any atom is 0.233 e. The molecule has 0 atom stereocenters. The molecule has 5 heteroatoms. The molecule has 0 bridgehead atoms. The monoisotopic (exact) mass is 279 g/mol. The van der Waals surface area contributed by atoms with E-state index >= 15 is 0 Å². The molecule has 2 heterocycles. The highest BCUT2D eigenvalue weighted by Crippen LogP contribution is 2.25. The average Bonchev–Trinajstić information content (AvgIpc) is 2.56. The Balaban J connectivity index is 1.85. The number of rotatable bonds is 4. The Morgan fingerprint density at radius 2 is 1.71 bits per heavy atom. The molecule has 0 N–H and O–H groups in total. The second kappa shape index (κ2) is 6.00. The quantitative estimate of drug-likeness (QED) is 0.733. The molecule has 0 saturated heterocycles. The Morgan fingerprint density at radius 3 is 2.43 bits per heavy atom. The molecule has 3 aromatic rings. The van der Waals surface area contributed by atoms with Gasteiger partial charge in [-0.25, -0.2) is 0 Å². The number of nitrogens with zero attached hydrogens (tertiary/aromatic N) is 3. The molecule has 0 radical (unpaired) electrons. The fourth-order valence-electron chi connectivity index (χ4n) is 1.82. The van der Waals surface area contributed by atoms with E-state index in [1.807, 2.05) is 42.5 Å². The number of methoxy groups -OCH3 is 1. The van der Waals surface area contributed by atoms with Crippen LogP contribution in [-0.2, 0) is 0 Å². The highest BCUT2D eigenvalue weighted by atomic mass is 16.5. The molecule has 0 aliphatic rings. The van der Waals surface area contributed by atoms with Crippen molar-refractivity contribution in [1.29, 1.82) is 0 Å². The van der Waals surface area contributed by atoms with Crippen molar-refractivity contribution in [2.24, 2.45) is 0 Å². The van der Waals surface area contributed by atoms with Gasteiger partial charge >= 0.3 is 0 Å². The van der Waals surface area contributed by atoms with Crippen LogP contribution in [-0.4, -0.2) is 22.3 Å². The molecule has 1 aromatic carbocycles. The van der Waals surface area contributed by atoms with Gasteiger partial charge in [0.1, 0.15) is 11.5 Å². The summed E-state index contributed by atoms with van der Waals surface area (Å²) in [5, 5.41) is 8.04. The Hall–Kier alpha value is -2.95. The predicted molar refractivity (Wildman–Crippen MR) is 78.3 cm³/mol. The van der Waals surface area contributed by atoms with Crippen molar-refractivity contribution in [3.8, 4) is 28.6 Å². The maximum atomic E-state index is 5.75. The van der Waals surface area contributed by atoms with Gasteiger partial charge in [0.15, 0.2) is 0 Å². The van der Waals surface area contributed by atoms with Crippen molar-refractivity contribution in [3.05, 3.63) is 60.9 Å².